The van der Waals surface area contributed by atoms with Gasteiger partial charge in [-0.3, -0.25) is 0 Å². The third-order valence-electron chi connectivity index (χ3n) is 4.90. The van der Waals surface area contributed by atoms with Gasteiger partial charge in [-0.2, -0.15) is 0 Å². The number of oxime groups is 1. The zero-order chi connectivity index (χ0) is 17.9. The number of amides is 1. The summed E-state index contributed by atoms with van der Waals surface area (Å²) in [4.78, 5) is 16.7. The highest BCUT2D eigenvalue weighted by molar-refractivity contribution is 5.86. The van der Waals surface area contributed by atoms with Crippen molar-refractivity contribution in [2.75, 3.05) is 13.7 Å². The fourth-order valence-corrected chi connectivity index (χ4v) is 3.66. The van der Waals surface area contributed by atoms with E-state index in [4.69, 9.17) is 24.8 Å². The van der Waals surface area contributed by atoms with Crippen LogP contribution >= 0.6 is 0 Å². The Balaban J connectivity index is 1.71. The summed E-state index contributed by atoms with van der Waals surface area (Å²) in [5.74, 6) is -0.147. The molecular formula is C18H24N2O5. The number of carbonyl (C=O) groups excluding carboxylic acids is 1. The second-order valence-electron chi connectivity index (χ2n) is 6.54. The molecule has 2 aliphatic rings. The number of hydrogen-bond acceptors (Lipinski definition) is 6. The molecule has 1 aliphatic heterocycles. The van der Waals surface area contributed by atoms with Gasteiger partial charge in [0.25, 0.3) is 0 Å². The minimum absolute atomic E-state index is 0.147. The maximum Gasteiger partial charge on any atom is 0.404 e. The van der Waals surface area contributed by atoms with Crippen molar-refractivity contribution < 1.29 is 23.8 Å². The normalized spacial score (nSPS) is 31.6. The van der Waals surface area contributed by atoms with E-state index in [2.05, 4.69) is 5.16 Å². The zero-order valence-corrected chi connectivity index (χ0v) is 14.5. The quantitative estimate of drug-likeness (QED) is 0.483. The average Bonchev–Trinajstić information content (AvgIpc) is 3.36. The maximum absolute atomic E-state index is 11.2. The number of benzene rings is 1. The minimum Gasteiger partial charge on any atom is -0.444 e. The SMILES string of the molecule is CO[C@@H]1[C@H](OC(N)=O)CC[C@]2(CO2)[C@H]1/C(C)=N\OCc1ccccc1. The van der Waals surface area contributed by atoms with Gasteiger partial charge in [-0.1, -0.05) is 35.5 Å². The number of methoxy groups -OCH3 is 1. The van der Waals surface area contributed by atoms with E-state index in [1.165, 1.54) is 0 Å². The number of hydrogen-bond donors (Lipinski definition) is 1. The van der Waals surface area contributed by atoms with Crippen molar-refractivity contribution in [1.82, 2.24) is 0 Å². The molecule has 1 aromatic rings. The molecule has 0 aromatic heterocycles. The molecule has 7 heteroatoms. The van der Waals surface area contributed by atoms with Gasteiger partial charge in [0, 0.05) is 7.11 Å². The summed E-state index contributed by atoms with van der Waals surface area (Å²) in [6.07, 6.45) is -0.167. The molecule has 3 rings (SSSR count). The molecule has 1 aliphatic carbocycles. The summed E-state index contributed by atoms with van der Waals surface area (Å²) >= 11 is 0. The van der Waals surface area contributed by atoms with E-state index in [9.17, 15) is 4.79 Å². The fraction of sp³-hybridized carbons (Fsp3) is 0.556. The predicted octanol–water partition coefficient (Wildman–Crippen LogP) is 2.24. The van der Waals surface area contributed by atoms with Gasteiger partial charge < -0.3 is 24.8 Å². The number of nitrogens with zero attached hydrogens (tertiary/aromatic N) is 1. The van der Waals surface area contributed by atoms with Gasteiger partial charge in [0.05, 0.1) is 18.2 Å². The van der Waals surface area contributed by atoms with Crippen LogP contribution in [0.15, 0.2) is 35.5 Å². The maximum atomic E-state index is 11.2. The van der Waals surface area contributed by atoms with E-state index in [1.807, 2.05) is 37.3 Å². The molecule has 4 atom stereocenters. The van der Waals surface area contributed by atoms with Crippen LogP contribution in [-0.4, -0.2) is 43.3 Å². The highest BCUT2D eigenvalue weighted by Crippen LogP contribution is 2.48. The van der Waals surface area contributed by atoms with Crippen LogP contribution < -0.4 is 5.73 Å². The monoisotopic (exact) mass is 348 g/mol. The van der Waals surface area contributed by atoms with E-state index >= 15 is 0 Å². The number of nitrogens with two attached hydrogens (primary N) is 1. The van der Waals surface area contributed by atoms with Crippen molar-refractivity contribution in [3.8, 4) is 0 Å². The van der Waals surface area contributed by atoms with Gasteiger partial charge in [-0.05, 0) is 25.3 Å². The molecule has 1 spiro atoms. The molecule has 0 unspecified atom stereocenters. The summed E-state index contributed by atoms with van der Waals surface area (Å²) < 4.78 is 16.6. The summed E-state index contributed by atoms with van der Waals surface area (Å²) in [7, 11) is 1.59. The highest BCUT2D eigenvalue weighted by atomic mass is 16.6. The van der Waals surface area contributed by atoms with Gasteiger partial charge in [-0.25, -0.2) is 4.79 Å². The Morgan fingerprint density at radius 3 is 2.72 bits per heavy atom. The van der Waals surface area contributed by atoms with Crippen LogP contribution in [0.1, 0.15) is 25.3 Å². The van der Waals surface area contributed by atoms with Crippen LogP contribution in [0.3, 0.4) is 0 Å². The lowest BCUT2D eigenvalue weighted by Gasteiger charge is -2.39. The summed E-state index contributed by atoms with van der Waals surface area (Å²) in [5.41, 5.74) is 6.69. The van der Waals surface area contributed by atoms with Crippen molar-refractivity contribution in [3.63, 3.8) is 0 Å². The van der Waals surface area contributed by atoms with Crippen LogP contribution in [0.2, 0.25) is 0 Å². The van der Waals surface area contributed by atoms with Crippen LogP contribution in [0.4, 0.5) is 4.79 Å². The largest absolute Gasteiger partial charge is 0.444 e. The Hall–Kier alpha value is -2.12. The second-order valence-corrected chi connectivity index (χ2v) is 6.54. The molecule has 136 valence electrons. The Kier molecular flexibility index (Phi) is 5.24. The molecule has 1 aromatic carbocycles. The topological polar surface area (TPSA) is 95.7 Å². The Bertz CT molecular complexity index is 630. The summed E-state index contributed by atoms with van der Waals surface area (Å²) in [6.45, 7) is 2.92. The molecule has 1 saturated heterocycles. The van der Waals surface area contributed by atoms with Gasteiger partial charge >= 0.3 is 6.09 Å². The van der Waals surface area contributed by atoms with E-state index in [1.54, 1.807) is 7.11 Å². The molecule has 0 bridgehead atoms. The van der Waals surface area contributed by atoms with E-state index in [0.717, 1.165) is 17.7 Å². The third kappa shape index (κ3) is 3.93. The smallest absolute Gasteiger partial charge is 0.404 e. The van der Waals surface area contributed by atoms with Gasteiger partial charge in [0.2, 0.25) is 0 Å². The Morgan fingerprint density at radius 1 is 1.40 bits per heavy atom. The number of epoxide rings is 1. The molecular weight excluding hydrogens is 324 g/mol. The zero-order valence-electron chi connectivity index (χ0n) is 14.5. The van der Waals surface area contributed by atoms with Crippen molar-refractivity contribution in [2.24, 2.45) is 16.8 Å². The molecule has 2 fully saturated rings. The van der Waals surface area contributed by atoms with E-state index < -0.39 is 12.2 Å². The van der Waals surface area contributed by atoms with Crippen LogP contribution in [0.5, 0.6) is 0 Å². The molecule has 1 saturated carbocycles. The summed E-state index contributed by atoms with van der Waals surface area (Å²) in [6, 6.07) is 9.82. The Morgan fingerprint density at radius 2 is 2.12 bits per heavy atom. The van der Waals surface area contributed by atoms with Crippen LogP contribution in [0.25, 0.3) is 0 Å². The van der Waals surface area contributed by atoms with Gasteiger partial charge in [-0.15, -0.1) is 0 Å². The van der Waals surface area contributed by atoms with Crippen molar-refractivity contribution in [3.05, 3.63) is 35.9 Å². The first-order valence-electron chi connectivity index (χ1n) is 8.39. The summed E-state index contributed by atoms with van der Waals surface area (Å²) in [5, 5.41) is 4.28. The number of ether oxygens (including phenoxy) is 3. The molecule has 25 heavy (non-hydrogen) atoms. The van der Waals surface area contributed by atoms with E-state index in [-0.39, 0.29) is 17.6 Å². The molecule has 0 radical (unpaired) electrons. The number of rotatable bonds is 6. The van der Waals surface area contributed by atoms with Crippen molar-refractivity contribution in [2.45, 2.75) is 44.2 Å². The average molecular weight is 348 g/mol. The highest BCUT2D eigenvalue weighted by Gasteiger charge is 2.60. The first kappa shape index (κ1) is 17.7. The lowest BCUT2D eigenvalue weighted by molar-refractivity contribution is -0.0799. The number of carbonyl (C=O) groups is 1. The van der Waals surface area contributed by atoms with Crippen molar-refractivity contribution in [1.29, 1.82) is 0 Å². The first-order chi connectivity index (χ1) is 12.1. The predicted molar refractivity (Wildman–Crippen MR) is 91.0 cm³/mol. The third-order valence-corrected chi connectivity index (χ3v) is 4.90. The first-order valence-corrected chi connectivity index (χ1v) is 8.39. The molecule has 7 nitrogen and oxygen atoms in total. The van der Waals surface area contributed by atoms with Gasteiger partial charge in [0.15, 0.2) is 0 Å². The fourth-order valence-electron chi connectivity index (χ4n) is 3.66. The Labute approximate surface area is 147 Å². The van der Waals surface area contributed by atoms with Crippen LogP contribution in [0, 0.1) is 5.92 Å². The van der Waals surface area contributed by atoms with E-state index in [0.29, 0.717) is 19.6 Å². The molecule has 1 heterocycles. The second kappa shape index (κ2) is 7.41. The molecule has 2 N–H and O–H groups in total. The lowest BCUT2D eigenvalue weighted by Crippen LogP contribution is -2.53. The molecule has 1 amide bonds. The lowest BCUT2D eigenvalue weighted by atomic mass is 9.73. The standard InChI is InChI=1S/C18H24N2O5/c1-12(20-24-10-13-6-4-3-5-7-13)15-16(22-2)14(25-17(19)21)8-9-18(15)11-23-18/h3-7,14-16H,8-11H2,1-2H3,(H2,19,21)/b20-12-/t14-,15+,16-,18+/m1/s1. The van der Waals surface area contributed by atoms with Gasteiger partial charge in [0.1, 0.15) is 24.4 Å². The van der Waals surface area contributed by atoms with Crippen molar-refractivity contribution >= 4 is 11.8 Å². The van der Waals surface area contributed by atoms with Crippen LogP contribution in [-0.2, 0) is 25.7 Å². The minimum atomic E-state index is -0.798. The number of primary amides is 1.